The number of nitrogens with two attached hydrogens (primary N) is 1. The van der Waals surface area contributed by atoms with Gasteiger partial charge in [-0.05, 0) is 28.1 Å². The van der Waals surface area contributed by atoms with Gasteiger partial charge in [0.25, 0.3) is 10.0 Å². The molecule has 0 bridgehead atoms. The Kier molecular flexibility index (Phi) is 5.52. The van der Waals surface area contributed by atoms with E-state index in [1.165, 1.54) is 15.6 Å². The van der Waals surface area contributed by atoms with Crippen LogP contribution < -0.4 is 5.73 Å². The molecule has 1 aromatic heterocycles. The molecular formula is C9H13BrN2O2S3. The number of hydrogen-bond donors (Lipinski definition) is 1. The molecule has 1 aromatic rings. The molecule has 4 nitrogen and oxygen atoms in total. The number of thiocarbonyl (C=S) groups is 1. The van der Waals surface area contributed by atoms with Gasteiger partial charge in [0, 0.05) is 19.5 Å². The molecule has 1 heterocycles. The Labute approximate surface area is 119 Å². The van der Waals surface area contributed by atoms with E-state index < -0.39 is 10.0 Å². The van der Waals surface area contributed by atoms with Crippen molar-refractivity contribution < 1.29 is 8.42 Å². The van der Waals surface area contributed by atoms with Gasteiger partial charge in [0.1, 0.15) is 4.21 Å². The minimum Gasteiger partial charge on any atom is -0.393 e. The Bertz CT molecular complexity index is 498. The van der Waals surface area contributed by atoms with Crippen LogP contribution in [0, 0.1) is 0 Å². The minimum absolute atomic E-state index is 0.323. The zero-order valence-corrected chi connectivity index (χ0v) is 13.3. The highest BCUT2D eigenvalue weighted by molar-refractivity contribution is 9.11. The zero-order chi connectivity index (χ0) is 13.1. The molecule has 8 heteroatoms. The molecule has 0 aromatic carbocycles. The van der Waals surface area contributed by atoms with E-state index in [1.807, 2.05) is 0 Å². The van der Waals surface area contributed by atoms with E-state index in [1.54, 1.807) is 19.1 Å². The zero-order valence-electron chi connectivity index (χ0n) is 9.22. The van der Waals surface area contributed by atoms with E-state index in [2.05, 4.69) is 15.9 Å². The molecule has 0 fully saturated rings. The average molecular weight is 357 g/mol. The van der Waals surface area contributed by atoms with Crippen molar-refractivity contribution in [3.63, 3.8) is 0 Å². The second-order valence-electron chi connectivity index (χ2n) is 3.27. The normalized spacial score (nSPS) is 11.9. The van der Waals surface area contributed by atoms with E-state index in [0.717, 1.165) is 3.79 Å². The van der Waals surface area contributed by atoms with Crippen LogP contribution in [0.3, 0.4) is 0 Å². The number of hydrogen-bond acceptors (Lipinski definition) is 4. The fraction of sp³-hybridized carbons (Fsp3) is 0.444. The Balaban J connectivity index is 2.90. The third-order valence-electron chi connectivity index (χ3n) is 2.10. The van der Waals surface area contributed by atoms with Gasteiger partial charge in [-0.3, -0.25) is 0 Å². The van der Waals surface area contributed by atoms with Gasteiger partial charge in [-0.1, -0.05) is 19.1 Å². The van der Waals surface area contributed by atoms with Crippen LogP contribution in [-0.4, -0.2) is 30.8 Å². The fourth-order valence-corrected chi connectivity index (χ4v) is 4.95. The predicted molar refractivity (Wildman–Crippen MR) is 77.9 cm³/mol. The summed E-state index contributed by atoms with van der Waals surface area (Å²) >= 11 is 9.21. The summed E-state index contributed by atoms with van der Waals surface area (Å²) in [7, 11) is -3.42. The lowest BCUT2D eigenvalue weighted by Crippen LogP contribution is -2.33. The van der Waals surface area contributed by atoms with Gasteiger partial charge < -0.3 is 5.73 Å². The van der Waals surface area contributed by atoms with E-state index in [-0.39, 0.29) is 0 Å². The van der Waals surface area contributed by atoms with E-state index in [9.17, 15) is 8.42 Å². The monoisotopic (exact) mass is 356 g/mol. The second-order valence-corrected chi connectivity index (χ2v) is 8.42. The van der Waals surface area contributed by atoms with Crippen LogP contribution in [0.25, 0.3) is 0 Å². The molecule has 0 radical (unpaired) electrons. The first-order chi connectivity index (χ1) is 7.87. The summed E-state index contributed by atoms with van der Waals surface area (Å²) in [6, 6.07) is 3.31. The first-order valence-corrected chi connectivity index (χ1v) is 8.37. The Morgan fingerprint density at radius 3 is 2.65 bits per heavy atom. The van der Waals surface area contributed by atoms with Gasteiger partial charge in [-0.2, -0.15) is 4.31 Å². The van der Waals surface area contributed by atoms with Crippen LogP contribution in [0.5, 0.6) is 0 Å². The Morgan fingerprint density at radius 1 is 1.59 bits per heavy atom. The van der Waals surface area contributed by atoms with Crippen LogP contribution in [0.2, 0.25) is 0 Å². The van der Waals surface area contributed by atoms with Crippen LogP contribution >= 0.6 is 39.5 Å². The molecule has 0 unspecified atom stereocenters. The SMILES string of the molecule is CCN(CCC(N)=S)S(=O)(=O)c1ccc(Br)s1. The van der Waals surface area contributed by atoms with E-state index in [4.69, 9.17) is 18.0 Å². The maximum absolute atomic E-state index is 12.2. The minimum atomic E-state index is -3.42. The van der Waals surface area contributed by atoms with Crippen molar-refractivity contribution in [3.05, 3.63) is 15.9 Å². The quantitative estimate of drug-likeness (QED) is 0.793. The summed E-state index contributed by atoms with van der Waals surface area (Å²) in [5, 5.41) is 0. The topological polar surface area (TPSA) is 63.4 Å². The van der Waals surface area contributed by atoms with E-state index in [0.29, 0.717) is 28.7 Å². The molecule has 0 aliphatic rings. The lowest BCUT2D eigenvalue weighted by Gasteiger charge is -2.18. The first-order valence-electron chi connectivity index (χ1n) is 4.91. The van der Waals surface area contributed by atoms with Crippen molar-refractivity contribution in [3.8, 4) is 0 Å². The lowest BCUT2D eigenvalue weighted by molar-refractivity contribution is 0.439. The molecule has 0 atom stereocenters. The number of halogens is 1. The van der Waals surface area contributed by atoms with Crippen molar-refractivity contribution in [1.82, 2.24) is 4.31 Å². The maximum atomic E-state index is 12.2. The van der Waals surface area contributed by atoms with Gasteiger partial charge in [-0.25, -0.2) is 8.42 Å². The Hall–Kier alpha value is -0.0200. The van der Waals surface area contributed by atoms with Crippen molar-refractivity contribution in [2.45, 2.75) is 17.6 Å². The van der Waals surface area contributed by atoms with Gasteiger partial charge in [0.2, 0.25) is 0 Å². The van der Waals surface area contributed by atoms with Gasteiger partial charge in [0.05, 0.1) is 8.77 Å². The third-order valence-corrected chi connectivity index (χ3v) is 6.37. The molecule has 0 saturated carbocycles. The maximum Gasteiger partial charge on any atom is 0.252 e. The van der Waals surface area contributed by atoms with Crippen molar-refractivity contribution >= 4 is 54.5 Å². The molecule has 0 saturated heterocycles. The van der Waals surface area contributed by atoms with Gasteiger partial charge >= 0.3 is 0 Å². The molecule has 0 aliphatic carbocycles. The molecule has 2 N–H and O–H groups in total. The molecule has 1 rings (SSSR count). The molecule has 0 amide bonds. The molecule has 17 heavy (non-hydrogen) atoms. The standard InChI is InChI=1S/C9H13BrN2O2S3/c1-2-12(6-5-8(11)15)17(13,14)9-4-3-7(10)16-9/h3-4H,2,5-6H2,1H3,(H2,11,15). The van der Waals surface area contributed by atoms with Crippen LogP contribution in [-0.2, 0) is 10.0 Å². The lowest BCUT2D eigenvalue weighted by atomic mass is 10.4. The summed E-state index contributed by atoms with van der Waals surface area (Å²) in [4.78, 5) is 0.325. The predicted octanol–water partition coefficient (Wildman–Crippen LogP) is 2.20. The summed E-state index contributed by atoms with van der Waals surface area (Å²) in [6.07, 6.45) is 0.398. The highest BCUT2D eigenvalue weighted by atomic mass is 79.9. The molecular weight excluding hydrogens is 344 g/mol. The average Bonchev–Trinajstić information content (AvgIpc) is 2.65. The fourth-order valence-electron chi connectivity index (χ4n) is 1.25. The van der Waals surface area contributed by atoms with Crippen LogP contribution in [0.4, 0.5) is 0 Å². The number of thiophene rings is 1. The number of rotatable bonds is 6. The van der Waals surface area contributed by atoms with Crippen molar-refractivity contribution in [1.29, 1.82) is 0 Å². The molecule has 0 spiro atoms. The summed E-state index contributed by atoms with van der Waals surface area (Å²) in [6.45, 7) is 2.52. The van der Waals surface area contributed by atoms with Crippen molar-refractivity contribution in [2.24, 2.45) is 5.73 Å². The smallest absolute Gasteiger partial charge is 0.252 e. The summed E-state index contributed by atoms with van der Waals surface area (Å²) in [5.41, 5.74) is 5.39. The summed E-state index contributed by atoms with van der Waals surface area (Å²) < 4.78 is 26.9. The van der Waals surface area contributed by atoms with Crippen molar-refractivity contribution in [2.75, 3.05) is 13.1 Å². The second kappa shape index (κ2) is 6.24. The highest BCUT2D eigenvalue weighted by Gasteiger charge is 2.24. The van der Waals surface area contributed by atoms with Crippen LogP contribution in [0.15, 0.2) is 20.1 Å². The molecule has 96 valence electrons. The largest absolute Gasteiger partial charge is 0.393 e. The third kappa shape index (κ3) is 3.99. The van der Waals surface area contributed by atoms with E-state index >= 15 is 0 Å². The highest BCUT2D eigenvalue weighted by Crippen LogP contribution is 2.28. The summed E-state index contributed by atoms with van der Waals surface area (Å²) in [5.74, 6) is 0. The number of sulfonamides is 1. The van der Waals surface area contributed by atoms with Gasteiger partial charge in [0.15, 0.2) is 0 Å². The van der Waals surface area contributed by atoms with Crippen LogP contribution in [0.1, 0.15) is 13.3 Å². The first kappa shape index (κ1) is 15.0. The molecule has 0 aliphatic heterocycles. The van der Waals surface area contributed by atoms with Gasteiger partial charge in [-0.15, -0.1) is 11.3 Å². The Morgan fingerprint density at radius 2 is 2.24 bits per heavy atom. The number of nitrogens with zero attached hydrogens (tertiary/aromatic N) is 1.